The summed E-state index contributed by atoms with van der Waals surface area (Å²) in [5.74, 6) is 3.62. The van der Waals surface area contributed by atoms with Crippen molar-refractivity contribution in [3.63, 3.8) is 0 Å². The zero-order chi connectivity index (χ0) is 40.4. The molecule has 58 heavy (non-hydrogen) atoms. The number of benzene rings is 6. The molecule has 8 aromatic rings. The van der Waals surface area contributed by atoms with Gasteiger partial charge in [0.2, 0.25) is 0 Å². The average Bonchev–Trinajstić information content (AvgIpc) is 3.24. The molecule has 0 saturated carbocycles. The third-order valence-corrected chi connectivity index (χ3v) is 10.8. The van der Waals surface area contributed by atoms with Crippen LogP contribution in [-0.2, 0) is 17.3 Å². The molecule has 0 aliphatic carbocycles. The first-order valence-corrected chi connectivity index (χ1v) is 20.0. The third-order valence-electron chi connectivity index (χ3n) is 10.3. The first-order valence-electron chi connectivity index (χ1n) is 19.3. The van der Waals surface area contributed by atoms with Gasteiger partial charge >= 0.3 is 0 Å². The minimum atomic E-state index is -0.166. The van der Waals surface area contributed by atoms with Crippen LogP contribution in [0.15, 0.2) is 152 Å². The second-order valence-corrected chi connectivity index (χ2v) is 17.0. The molecule has 0 aliphatic heterocycles. The van der Waals surface area contributed by atoms with Gasteiger partial charge in [-0.05, 0) is 70.3 Å². The highest BCUT2D eigenvalue weighted by molar-refractivity contribution is 6.31. The highest BCUT2D eigenvalue weighted by Crippen LogP contribution is 2.33. The molecule has 0 spiro atoms. The highest BCUT2D eigenvalue weighted by Gasteiger charge is 2.23. The Hall–Kier alpha value is -6.08. The summed E-state index contributed by atoms with van der Waals surface area (Å²) in [6.45, 7) is 11.2. The molecule has 0 fully saturated rings. The number of rotatable bonds is 9. The molecule has 0 radical (unpaired) electrons. The van der Waals surface area contributed by atoms with Crippen LogP contribution in [0.4, 0.5) is 0 Å². The van der Waals surface area contributed by atoms with Crippen LogP contribution in [0.1, 0.15) is 51.3 Å². The molecule has 2 heterocycles. The smallest absolute Gasteiger partial charge is 0.164 e. The van der Waals surface area contributed by atoms with Gasteiger partial charge < -0.3 is 0 Å². The van der Waals surface area contributed by atoms with Crippen LogP contribution in [0.3, 0.4) is 0 Å². The van der Waals surface area contributed by atoms with Gasteiger partial charge in [0.1, 0.15) is 0 Å². The maximum atomic E-state index is 6.35. The molecule has 8 heteroatoms. The number of hydrogen-bond donors (Lipinski definition) is 0. The number of halogens is 2. The molecular weight excluding hydrogens is 755 g/mol. The summed E-state index contributed by atoms with van der Waals surface area (Å²) in [6, 6.07) is 50.7. The highest BCUT2D eigenvalue weighted by atomic mass is 35.5. The van der Waals surface area contributed by atoms with Gasteiger partial charge in [0.25, 0.3) is 0 Å². The van der Waals surface area contributed by atoms with Crippen molar-refractivity contribution in [1.29, 1.82) is 0 Å². The van der Waals surface area contributed by atoms with E-state index in [1.165, 1.54) is 16.7 Å². The molecule has 6 nitrogen and oxygen atoms in total. The van der Waals surface area contributed by atoms with Crippen molar-refractivity contribution in [2.45, 2.75) is 51.9 Å². The van der Waals surface area contributed by atoms with Crippen LogP contribution in [-0.4, -0.2) is 29.9 Å². The minimum absolute atomic E-state index is 0.0433. The fraction of sp³-hybridized carbons (Fsp3) is 0.160. The molecule has 286 valence electrons. The normalized spacial score (nSPS) is 11.8. The van der Waals surface area contributed by atoms with Crippen LogP contribution < -0.4 is 0 Å². The predicted molar refractivity (Wildman–Crippen MR) is 238 cm³/mol. The van der Waals surface area contributed by atoms with Gasteiger partial charge in [0, 0.05) is 43.4 Å². The zero-order valence-electron chi connectivity index (χ0n) is 33.1. The van der Waals surface area contributed by atoms with Crippen molar-refractivity contribution in [2.75, 3.05) is 0 Å². The van der Waals surface area contributed by atoms with Gasteiger partial charge in [-0.15, -0.1) is 0 Å². The Morgan fingerprint density at radius 1 is 0.362 bits per heavy atom. The maximum Gasteiger partial charge on any atom is 0.164 e. The Balaban J connectivity index is 1.06. The van der Waals surface area contributed by atoms with E-state index >= 15 is 0 Å². The molecule has 0 N–H and O–H groups in total. The van der Waals surface area contributed by atoms with E-state index in [4.69, 9.17) is 53.1 Å². The van der Waals surface area contributed by atoms with E-state index in [0.29, 0.717) is 45.0 Å². The van der Waals surface area contributed by atoms with E-state index < -0.39 is 0 Å². The van der Waals surface area contributed by atoms with Crippen LogP contribution in [0.2, 0.25) is 10.0 Å². The molecule has 0 unspecified atom stereocenters. The number of hydrogen-bond acceptors (Lipinski definition) is 6. The molecule has 6 aromatic carbocycles. The number of aromatic nitrogens is 6. The Labute approximate surface area is 350 Å². The van der Waals surface area contributed by atoms with E-state index in [0.717, 1.165) is 39.8 Å². The van der Waals surface area contributed by atoms with Crippen LogP contribution in [0.25, 0.3) is 68.3 Å². The SMILES string of the molecule is CC(C)(C)c1ccc(-c2nc(-c3ccc(Cl)cc3)nc(-c3ccc(C(C)(C)Cc4ccc(-c5nc(-c6ccccc6)nc(-c6cccc(Cl)c6)n5)cc4)cc3)n2)cc1. The van der Waals surface area contributed by atoms with Gasteiger partial charge in [-0.25, -0.2) is 29.9 Å². The Morgan fingerprint density at radius 2 is 0.741 bits per heavy atom. The average molecular weight is 798 g/mol. The van der Waals surface area contributed by atoms with Crippen molar-refractivity contribution in [3.05, 3.63) is 178 Å². The Kier molecular flexibility index (Phi) is 10.7. The lowest BCUT2D eigenvalue weighted by atomic mass is 9.79. The molecular formula is C50H42Cl2N6. The Morgan fingerprint density at radius 3 is 1.19 bits per heavy atom. The largest absolute Gasteiger partial charge is 0.208 e. The van der Waals surface area contributed by atoms with E-state index in [9.17, 15) is 0 Å². The zero-order valence-corrected chi connectivity index (χ0v) is 34.6. The van der Waals surface area contributed by atoms with Gasteiger partial charge in [-0.3, -0.25) is 0 Å². The van der Waals surface area contributed by atoms with Crippen molar-refractivity contribution < 1.29 is 0 Å². The molecule has 0 aliphatic rings. The minimum Gasteiger partial charge on any atom is -0.208 e. The molecule has 0 amide bonds. The third kappa shape index (κ3) is 8.74. The Bertz CT molecular complexity index is 2690. The first kappa shape index (κ1) is 38.8. The molecule has 0 saturated heterocycles. The second kappa shape index (κ2) is 16.0. The van der Waals surface area contributed by atoms with Crippen molar-refractivity contribution >= 4 is 23.2 Å². The topological polar surface area (TPSA) is 77.3 Å². The molecule has 2 aromatic heterocycles. The van der Waals surface area contributed by atoms with Gasteiger partial charge in [0.15, 0.2) is 34.9 Å². The maximum absolute atomic E-state index is 6.35. The summed E-state index contributed by atoms with van der Waals surface area (Å²) in [6.07, 6.45) is 0.827. The quantitative estimate of drug-likeness (QED) is 0.145. The standard InChI is InChI=1S/C50H42Cl2N6/c1-49(2,3)39-24-18-35(19-25-39)45-54-46(56-47(55-45)37-22-28-41(51)29-23-37)36-20-26-40(27-21-36)50(4,5)31-32-14-16-34(17-15-32)44-53-43(33-10-7-6-8-11-33)57-48(58-44)38-12-9-13-42(52)30-38/h6-30H,31H2,1-5H3. The van der Waals surface area contributed by atoms with Gasteiger partial charge in [-0.2, -0.15) is 0 Å². The predicted octanol–water partition coefficient (Wildman–Crippen LogP) is 13.2. The summed E-state index contributed by atoms with van der Waals surface area (Å²) in [5.41, 5.74) is 8.93. The molecule has 0 atom stereocenters. The summed E-state index contributed by atoms with van der Waals surface area (Å²) in [7, 11) is 0. The molecule has 0 bridgehead atoms. The summed E-state index contributed by atoms with van der Waals surface area (Å²) >= 11 is 12.6. The van der Waals surface area contributed by atoms with Gasteiger partial charge in [0.05, 0.1) is 0 Å². The summed E-state index contributed by atoms with van der Waals surface area (Å²) in [4.78, 5) is 29.4. The fourth-order valence-corrected chi connectivity index (χ4v) is 7.23. The lowest BCUT2D eigenvalue weighted by Gasteiger charge is -2.26. The fourth-order valence-electron chi connectivity index (χ4n) is 6.91. The summed E-state index contributed by atoms with van der Waals surface area (Å²) < 4.78 is 0. The van der Waals surface area contributed by atoms with Crippen LogP contribution >= 0.6 is 23.2 Å². The van der Waals surface area contributed by atoms with Crippen LogP contribution in [0, 0.1) is 0 Å². The van der Waals surface area contributed by atoms with E-state index in [2.05, 4.69) is 107 Å². The van der Waals surface area contributed by atoms with E-state index in [1.807, 2.05) is 78.9 Å². The first-order chi connectivity index (χ1) is 27.9. The van der Waals surface area contributed by atoms with E-state index in [-0.39, 0.29) is 10.8 Å². The van der Waals surface area contributed by atoms with E-state index in [1.54, 1.807) is 0 Å². The van der Waals surface area contributed by atoms with Gasteiger partial charge in [-0.1, -0.05) is 173 Å². The lowest BCUT2D eigenvalue weighted by Crippen LogP contribution is -2.20. The second-order valence-electron chi connectivity index (χ2n) is 16.2. The van der Waals surface area contributed by atoms with Crippen LogP contribution in [0.5, 0.6) is 0 Å². The van der Waals surface area contributed by atoms with Crippen molar-refractivity contribution in [1.82, 2.24) is 29.9 Å². The van der Waals surface area contributed by atoms with Crippen molar-refractivity contribution in [3.8, 4) is 68.3 Å². The number of nitrogens with zero attached hydrogens (tertiary/aromatic N) is 6. The monoisotopic (exact) mass is 796 g/mol. The summed E-state index contributed by atoms with van der Waals surface area (Å²) in [5, 5.41) is 1.29. The lowest BCUT2D eigenvalue weighted by molar-refractivity contribution is 0.522. The molecule has 8 rings (SSSR count). The van der Waals surface area contributed by atoms with Crippen molar-refractivity contribution in [2.24, 2.45) is 0 Å².